The second-order valence-corrected chi connectivity index (χ2v) is 4.76. The number of nitrogens with zero attached hydrogens (tertiary/aromatic N) is 1. The molecule has 1 aromatic heterocycles. The molecule has 3 rings (SSSR count). The van der Waals surface area contributed by atoms with Crippen molar-refractivity contribution in [2.75, 3.05) is 0 Å². The van der Waals surface area contributed by atoms with Gasteiger partial charge in [-0.15, -0.1) is 0 Å². The molecule has 3 heterocycles. The van der Waals surface area contributed by atoms with Gasteiger partial charge in [0.25, 0.3) is 5.91 Å². The molecule has 2 aliphatic heterocycles. The van der Waals surface area contributed by atoms with Crippen molar-refractivity contribution in [2.24, 2.45) is 0 Å². The highest BCUT2D eigenvalue weighted by atomic mass is 16.6. The van der Waals surface area contributed by atoms with E-state index in [4.69, 9.17) is 4.42 Å². The highest BCUT2D eigenvalue weighted by Gasteiger charge is 2.40. The number of amides is 1. The number of rotatable bonds is 3. The molecule has 0 aliphatic carbocycles. The second-order valence-electron chi connectivity index (χ2n) is 4.76. The van der Waals surface area contributed by atoms with E-state index in [0.29, 0.717) is 12.1 Å². The van der Waals surface area contributed by atoms with Gasteiger partial charge in [-0.1, -0.05) is 0 Å². The first-order valence-electron chi connectivity index (χ1n) is 5.94. The van der Waals surface area contributed by atoms with Crippen molar-refractivity contribution in [3.05, 3.63) is 28.0 Å². The van der Waals surface area contributed by atoms with Crippen LogP contribution in [-0.4, -0.2) is 29.0 Å². The minimum Gasteiger partial charge on any atom is -0.395 e. The maximum absolute atomic E-state index is 11.9. The number of furan rings is 1. The largest absolute Gasteiger partial charge is 0.433 e. The number of fused-ring (bicyclic) bond motifs is 2. The summed E-state index contributed by atoms with van der Waals surface area (Å²) >= 11 is 0. The SMILES string of the molecule is O=C(NC1CC2CCC1N2)c1ccc([N+](=O)[O-])o1. The van der Waals surface area contributed by atoms with Crippen LogP contribution < -0.4 is 10.6 Å². The third kappa shape index (κ3) is 1.86. The topological polar surface area (TPSA) is 97.4 Å². The molecule has 1 aromatic rings. The predicted octanol–water partition coefficient (Wildman–Crippen LogP) is 0.810. The second kappa shape index (κ2) is 4.09. The molecule has 2 aliphatic rings. The van der Waals surface area contributed by atoms with Crippen molar-refractivity contribution in [3.8, 4) is 0 Å². The smallest absolute Gasteiger partial charge is 0.395 e. The number of nitrogens with one attached hydrogen (secondary N) is 2. The quantitative estimate of drug-likeness (QED) is 0.612. The van der Waals surface area contributed by atoms with Crippen LogP contribution in [0.5, 0.6) is 0 Å². The van der Waals surface area contributed by atoms with E-state index in [0.717, 1.165) is 19.3 Å². The molecule has 7 heteroatoms. The van der Waals surface area contributed by atoms with Crippen LogP contribution in [0.2, 0.25) is 0 Å². The van der Waals surface area contributed by atoms with Gasteiger partial charge in [-0.25, -0.2) is 0 Å². The minimum absolute atomic E-state index is 0.00975. The fourth-order valence-corrected chi connectivity index (χ4v) is 2.77. The van der Waals surface area contributed by atoms with E-state index in [2.05, 4.69) is 10.6 Å². The molecule has 2 saturated heterocycles. The van der Waals surface area contributed by atoms with Crippen LogP contribution in [0.4, 0.5) is 5.88 Å². The van der Waals surface area contributed by atoms with Crippen molar-refractivity contribution in [1.29, 1.82) is 0 Å². The van der Waals surface area contributed by atoms with E-state index in [9.17, 15) is 14.9 Å². The molecule has 3 unspecified atom stereocenters. The fourth-order valence-electron chi connectivity index (χ4n) is 2.77. The highest BCUT2D eigenvalue weighted by molar-refractivity contribution is 5.92. The van der Waals surface area contributed by atoms with E-state index >= 15 is 0 Å². The van der Waals surface area contributed by atoms with E-state index < -0.39 is 10.8 Å². The van der Waals surface area contributed by atoms with Gasteiger partial charge in [0.05, 0.1) is 6.07 Å². The zero-order valence-corrected chi connectivity index (χ0v) is 9.59. The lowest BCUT2D eigenvalue weighted by molar-refractivity contribution is -0.402. The lowest BCUT2D eigenvalue weighted by atomic mass is 9.95. The third-order valence-corrected chi connectivity index (χ3v) is 3.61. The van der Waals surface area contributed by atoms with Gasteiger partial charge in [0.1, 0.15) is 4.92 Å². The van der Waals surface area contributed by atoms with Crippen molar-refractivity contribution in [1.82, 2.24) is 10.6 Å². The number of carbonyl (C=O) groups is 1. The first-order chi connectivity index (χ1) is 8.63. The third-order valence-electron chi connectivity index (χ3n) is 3.61. The Bertz CT molecular complexity index is 498. The Balaban J connectivity index is 1.65. The Morgan fingerprint density at radius 2 is 2.33 bits per heavy atom. The van der Waals surface area contributed by atoms with Crippen molar-refractivity contribution in [3.63, 3.8) is 0 Å². The molecule has 3 atom stereocenters. The van der Waals surface area contributed by atoms with Gasteiger partial charge in [-0.3, -0.25) is 14.9 Å². The molecule has 2 bridgehead atoms. The van der Waals surface area contributed by atoms with Crippen LogP contribution in [0.15, 0.2) is 16.5 Å². The average Bonchev–Trinajstić information content (AvgIpc) is 3.04. The summed E-state index contributed by atoms with van der Waals surface area (Å²) in [5, 5.41) is 16.7. The van der Waals surface area contributed by atoms with Crippen molar-refractivity contribution < 1.29 is 14.1 Å². The molecule has 0 saturated carbocycles. The molecule has 18 heavy (non-hydrogen) atoms. The summed E-state index contributed by atoms with van der Waals surface area (Å²) in [6.07, 6.45) is 3.14. The van der Waals surface area contributed by atoms with E-state index in [1.54, 1.807) is 0 Å². The molecule has 1 amide bonds. The Kier molecular flexibility index (Phi) is 2.55. The van der Waals surface area contributed by atoms with Gasteiger partial charge in [-0.05, 0) is 25.3 Å². The number of hydrogen-bond donors (Lipinski definition) is 2. The molecule has 7 nitrogen and oxygen atoms in total. The molecule has 96 valence electrons. The van der Waals surface area contributed by atoms with Gasteiger partial charge in [-0.2, -0.15) is 0 Å². The van der Waals surface area contributed by atoms with Crippen LogP contribution in [0.3, 0.4) is 0 Å². The Morgan fingerprint density at radius 1 is 1.50 bits per heavy atom. The number of carbonyl (C=O) groups excluding carboxylic acids is 1. The Labute approximate surface area is 103 Å². The van der Waals surface area contributed by atoms with E-state index in [-0.39, 0.29) is 17.7 Å². The highest BCUT2D eigenvalue weighted by Crippen LogP contribution is 2.28. The van der Waals surface area contributed by atoms with E-state index in [1.165, 1.54) is 12.1 Å². The molecular weight excluding hydrogens is 238 g/mol. The first-order valence-corrected chi connectivity index (χ1v) is 5.94. The summed E-state index contributed by atoms with van der Waals surface area (Å²) in [4.78, 5) is 21.7. The first kappa shape index (κ1) is 11.2. The maximum Gasteiger partial charge on any atom is 0.433 e. The normalized spacial score (nSPS) is 29.4. The van der Waals surface area contributed by atoms with Gasteiger partial charge in [0.2, 0.25) is 0 Å². The molecule has 2 N–H and O–H groups in total. The zero-order chi connectivity index (χ0) is 12.7. The van der Waals surface area contributed by atoms with Crippen LogP contribution in [0.25, 0.3) is 0 Å². The Morgan fingerprint density at radius 3 is 2.89 bits per heavy atom. The fraction of sp³-hybridized carbons (Fsp3) is 0.545. The molecule has 2 fully saturated rings. The summed E-state index contributed by atoms with van der Waals surface area (Å²) in [6.45, 7) is 0. The standard InChI is InChI=1S/C11H13N3O4/c15-11(9-3-4-10(18-9)14(16)17)13-8-5-6-1-2-7(8)12-6/h3-4,6-8,12H,1-2,5H2,(H,13,15). The average molecular weight is 251 g/mol. The Hall–Kier alpha value is -1.89. The van der Waals surface area contributed by atoms with Crippen molar-refractivity contribution in [2.45, 2.75) is 37.4 Å². The van der Waals surface area contributed by atoms with Crippen LogP contribution in [0.1, 0.15) is 29.8 Å². The summed E-state index contributed by atoms with van der Waals surface area (Å²) in [7, 11) is 0. The summed E-state index contributed by atoms with van der Waals surface area (Å²) in [6, 6.07) is 3.43. The van der Waals surface area contributed by atoms with Crippen molar-refractivity contribution >= 4 is 11.8 Å². The van der Waals surface area contributed by atoms with Crippen LogP contribution in [0, 0.1) is 10.1 Å². The number of nitro groups is 1. The minimum atomic E-state index is -0.657. The lowest BCUT2D eigenvalue weighted by Gasteiger charge is -2.20. The predicted molar refractivity (Wildman–Crippen MR) is 61.2 cm³/mol. The summed E-state index contributed by atoms with van der Waals surface area (Å²) < 4.78 is 4.87. The lowest BCUT2D eigenvalue weighted by Crippen LogP contribution is -2.42. The zero-order valence-electron chi connectivity index (χ0n) is 9.59. The molecule has 0 radical (unpaired) electrons. The molecule has 0 spiro atoms. The monoisotopic (exact) mass is 251 g/mol. The van der Waals surface area contributed by atoms with Crippen LogP contribution in [-0.2, 0) is 0 Å². The molecular formula is C11H13N3O4. The molecule has 0 aromatic carbocycles. The van der Waals surface area contributed by atoms with Gasteiger partial charge < -0.3 is 15.1 Å². The number of hydrogen-bond acceptors (Lipinski definition) is 5. The van der Waals surface area contributed by atoms with Gasteiger partial charge in [0, 0.05) is 18.1 Å². The van der Waals surface area contributed by atoms with Gasteiger partial charge >= 0.3 is 5.88 Å². The summed E-state index contributed by atoms with van der Waals surface area (Å²) in [5.74, 6) is -0.807. The maximum atomic E-state index is 11.9. The van der Waals surface area contributed by atoms with Gasteiger partial charge in [0.15, 0.2) is 5.76 Å². The van der Waals surface area contributed by atoms with E-state index in [1.807, 2.05) is 0 Å². The summed E-state index contributed by atoms with van der Waals surface area (Å²) in [5.41, 5.74) is 0. The van der Waals surface area contributed by atoms with Crippen LogP contribution >= 0.6 is 0 Å².